The zero-order valence-corrected chi connectivity index (χ0v) is 10.4. The van der Waals surface area contributed by atoms with Crippen LogP contribution in [0, 0.1) is 5.82 Å². The molecule has 1 aliphatic carbocycles. The van der Waals surface area contributed by atoms with Crippen molar-refractivity contribution in [3.8, 4) is 5.75 Å². The molecule has 0 aliphatic heterocycles. The number of halogens is 1. The van der Waals surface area contributed by atoms with Crippen LogP contribution in [0.4, 0.5) is 4.39 Å². The summed E-state index contributed by atoms with van der Waals surface area (Å²) >= 11 is 0. The Kier molecular flexibility index (Phi) is 3.69. The first-order valence-corrected chi connectivity index (χ1v) is 5.96. The minimum atomic E-state index is -1.25. The van der Waals surface area contributed by atoms with Crippen LogP contribution in [0.15, 0.2) is 18.2 Å². The number of aromatic carboxylic acids is 1. The number of amides is 1. The molecule has 0 aromatic heterocycles. The number of hydrogen-bond donors (Lipinski definition) is 2. The highest BCUT2D eigenvalue weighted by molar-refractivity contribution is 5.88. The van der Waals surface area contributed by atoms with E-state index in [0.717, 1.165) is 25.0 Å². The lowest BCUT2D eigenvalue weighted by Crippen LogP contribution is -2.37. The molecular weight excluding hydrogens is 253 g/mol. The molecule has 0 saturated heterocycles. The van der Waals surface area contributed by atoms with E-state index >= 15 is 0 Å². The quantitative estimate of drug-likeness (QED) is 0.849. The van der Waals surface area contributed by atoms with E-state index in [9.17, 15) is 14.0 Å². The van der Waals surface area contributed by atoms with Crippen molar-refractivity contribution in [3.05, 3.63) is 29.6 Å². The molecule has 1 unspecified atom stereocenters. The molecule has 2 N–H and O–H groups in total. The van der Waals surface area contributed by atoms with Gasteiger partial charge in [-0.25, -0.2) is 9.18 Å². The molecule has 1 aromatic rings. The van der Waals surface area contributed by atoms with Crippen LogP contribution < -0.4 is 10.1 Å². The molecule has 19 heavy (non-hydrogen) atoms. The Morgan fingerprint density at radius 1 is 1.42 bits per heavy atom. The van der Waals surface area contributed by atoms with Gasteiger partial charge in [0.1, 0.15) is 11.6 Å². The summed E-state index contributed by atoms with van der Waals surface area (Å²) in [4.78, 5) is 22.4. The predicted octanol–water partition coefficient (Wildman–Crippen LogP) is 1.57. The Bertz CT molecular complexity index is 513. The third-order valence-corrected chi connectivity index (χ3v) is 2.72. The Labute approximate surface area is 109 Å². The van der Waals surface area contributed by atoms with Crippen LogP contribution in [0.5, 0.6) is 5.75 Å². The monoisotopic (exact) mass is 267 g/mol. The second-order valence-corrected chi connectivity index (χ2v) is 4.52. The van der Waals surface area contributed by atoms with Crippen molar-refractivity contribution >= 4 is 11.9 Å². The summed E-state index contributed by atoms with van der Waals surface area (Å²) in [7, 11) is 0. The highest BCUT2D eigenvalue weighted by Crippen LogP contribution is 2.20. The first-order chi connectivity index (χ1) is 8.95. The van der Waals surface area contributed by atoms with E-state index in [1.165, 1.54) is 13.0 Å². The molecule has 1 aliphatic rings. The van der Waals surface area contributed by atoms with Gasteiger partial charge in [0, 0.05) is 12.1 Å². The van der Waals surface area contributed by atoms with Crippen molar-refractivity contribution in [2.24, 2.45) is 0 Å². The Morgan fingerprint density at radius 2 is 2.11 bits per heavy atom. The Hall–Kier alpha value is -2.11. The van der Waals surface area contributed by atoms with Gasteiger partial charge in [0.15, 0.2) is 6.10 Å². The van der Waals surface area contributed by atoms with Crippen LogP contribution >= 0.6 is 0 Å². The molecule has 1 fully saturated rings. The molecule has 0 spiro atoms. The van der Waals surface area contributed by atoms with Crippen LogP contribution in [-0.2, 0) is 4.79 Å². The lowest BCUT2D eigenvalue weighted by Gasteiger charge is -2.14. The summed E-state index contributed by atoms with van der Waals surface area (Å²) in [5, 5.41) is 11.6. The number of hydrogen-bond acceptors (Lipinski definition) is 3. The van der Waals surface area contributed by atoms with Gasteiger partial charge in [-0.2, -0.15) is 0 Å². The largest absolute Gasteiger partial charge is 0.481 e. The molecule has 0 radical (unpaired) electrons. The third-order valence-electron chi connectivity index (χ3n) is 2.72. The SMILES string of the molecule is CC(Oc1cc(F)cc(C(=O)O)c1)C(=O)NC1CC1. The Morgan fingerprint density at radius 3 is 2.68 bits per heavy atom. The first kappa shape index (κ1) is 13.3. The standard InChI is InChI=1S/C13H14FNO4/c1-7(12(16)15-10-2-3-10)19-11-5-8(13(17)18)4-9(14)6-11/h4-7,10H,2-3H2,1H3,(H,15,16)(H,17,18). The number of carbonyl (C=O) groups is 2. The highest BCUT2D eigenvalue weighted by atomic mass is 19.1. The van der Waals surface area contributed by atoms with E-state index in [1.54, 1.807) is 0 Å². The summed E-state index contributed by atoms with van der Waals surface area (Å²) in [6.07, 6.45) is 1.12. The van der Waals surface area contributed by atoms with E-state index in [-0.39, 0.29) is 23.3 Å². The average molecular weight is 267 g/mol. The minimum Gasteiger partial charge on any atom is -0.481 e. The van der Waals surface area contributed by atoms with Gasteiger partial charge in [-0.3, -0.25) is 4.79 Å². The summed E-state index contributed by atoms with van der Waals surface area (Å²) in [5.74, 6) is -2.23. The molecule has 102 valence electrons. The predicted molar refractivity (Wildman–Crippen MR) is 64.6 cm³/mol. The van der Waals surface area contributed by atoms with Gasteiger partial charge in [0.05, 0.1) is 5.56 Å². The summed E-state index contributed by atoms with van der Waals surface area (Å²) in [6, 6.07) is 3.34. The van der Waals surface area contributed by atoms with Crippen molar-refractivity contribution in [1.29, 1.82) is 0 Å². The molecule has 0 bridgehead atoms. The number of carboxylic acids is 1. The van der Waals surface area contributed by atoms with Gasteiger partial charge >= 0.3 is 5.97 Å². The van der Waals surface area contributed by atoms with Crippen LogP contribution in [0.25, 0.3) is 0 Å². The average Bonchev–Trinajstić information content (AvgIpc) is 3.11. The van der Waals surface area contributed by atoms with Crippen molar-refractivity contribution in [2.75, 3.05) is 0 Å². The maximum atomic E-state index is 13.2. The highest BCUT2D eigenvalue weighted by Gasteiger charge is 2.26. The number of rotatable bonds is 5. The maximum absolute atomic E-state index is 13.2. The van der Waals surface area contributed by atoms with Gasteiger partial charge in [-0.05, 0) is 31.9 Å². The number of ether oxygens (including phenoxy) is 1. The molecule has 1 saturated carbocycles. The molecule has 1 amide bonds. The second-order valence-electron chi connectivity index (χ2n) is 4.52. The van der Waals surface area contributed by atoms with Gasteiger partial charge in [0.25, 0.3) is 5.91 Å². The zero-order chi connectivity index (χ0) is 14.0. The maximum Gasteiger partial charge on any atom is 0.335 e. The number of benzene rings is 1. The Balaban J connectivity index is 2.04. The van der Waals surface area contributed by atoms with Gasteiger partial charge < -0.3 is 15.2 Å². The van der Waals surface area contributed by atoms with Gasteiger partial charge in [-0.1, -0.05) is 0 Å². The zero-order valence-electron chi connectivity index (χ0n) is 10.4. The molecule has 2 rings (SSSR count). The fourth-order valence-electron chi connectivity index (χ4n) is 1.56. The van der Waals surface area contributed by atoms with E-state index in [4.69, 9.17) is 9.84 Å². The van der Waals surface area contributed by atoms with E-state index in [0.29, 0.717) is 0 Å². The lowest BCUT2D eigenvalue weighted by molar-refractivity contribution is -0.127. The smallest absolute Gasteiger partial charge is 0.335 e. The normalized spacial score (nSPS) is 15.7. The lowest BCUT2D eigenvalue weighted by atomic mass is 10.2. The molecule has 0 heterocycles. The van der Waals surface area contributed by atoms with Crippen molar-refractivity contribution in [1.82, 2.24) is 5.32 Å². The van der Waals surface area contributed by atoms with Crippen LogP contribution in [-0.4, -0.2) is 29.1 Å². The van der Waals surface area contributed by atoms with Gasteiger partial charge in [-0.15, -0.1) is 0 Å². The van der Waals surface area contributed by atoms with E-state index in [2.05, 4.69) is 5.32 Å². The summed E-state index contributed by atoms with van der Waals surface area (Å²) in [5.41, 5.74) is -0.218. The van der Waals surface area contributed by atoms with Crippen LogP contribution in [0.3, 0.4) is 0 Å². The number of carboxylic acid groups (broad SMARTS) is 1. The van der Waals surface area contributed by atoms with E-state index in [1.807, 2.05) is 0 Å². The molecule has 1 atom stereocenters. The second kappa shape index (κ2) is 5.26. The number of nitrogens with one attached hydrogen (secondary N) is 1. The molecule has 1 aromatic carbocycles. The fourth-order valence-corrected chi connectivity index (χ4v) is 1.56. The number of carbonyl (C=O) groups excluding carboxylic acids is 1. The molecule has 5 nitrogen and oxygen atoms in total. The van der Waals surface area contributed by atoms with Gasteiger partial charge in [0.2, 0.25) is 0 Å². The fraction of sp³-hybridized carbons (Fsp3) is 0.385. The third kappa shape index (κ3) is 3.67. The van der Waals surface area contributed by atoms with E-state index < -0.39 is 17.9 Å². The van der Waals surface area contributed by atoms with Crippen LogP contribution in [0.1, 0.15) is 30.1 Å². The first-order valence-electron chi connectivity index (χ1n) is 5.96. The molecular formula is C13H14FNO4. The topological polar surface area (TPSA) is 75.6 Å². The van der Waals surface area contributed by atoms with Crippen molar-refractivity contribution < 1.29 is 23.8 Å². The van der Waals surface area contributed by atoms with Crippen molar-refractivity contribution in [2.45, 2.75) is 31.9 Å². The summed E-state index contributed by atoms with van der Waals surface area (Å²) < 4.78 is 18.5. The van der Waals surface area contributed by atoms with Crippen LogP contribution in [0.2, 0.25) is 0 Å². The minimum absolute atomic E-state index is 0.0239. The molecule has 6 heteroatoms. The summed E-state index contributed by atoms with van der Waals surface area (Å²) in [6.45, 7) is 1.53. The van der Waals surface area contributed by atoms with Crippen molar-refractivity contribution in [3.63, 3.8) is 0 Å².